The van der Waals surface area contributed by atoms with Gasteiger partial charge in [0.25, 0.3) is 0 Å². The Hall–Kier alpha value is -3.21. The lowest BCUT2D eigenvalue weighted by Crippen LogP contribution is -2.15. The van der Waals surface area contributed by atoms with Crippen molar-refractivity contribution in [2.24, 2.45) is 0 Å². The third-order valence-corrected chi connectivity index (χ3v) is 4.33. The van der Waals surface area contributed by atoms with E-state index in [0.717, 1.165) is 29.2 Å². The molecule has 3 rings (SSSR count). The number of ketones is 1. The highest BCUT2D eigenvalue weighted by atomic mass is 16.1. The van der Waals surface area contributed by atoms with Crippen LogP contribution >= 0.6 is 0 Å². The summed E-state index contributed by atoms with van der Waals surface area (Å²) in [5.74, 6) is 1.28. The summed E-state index contributed by atoms with van der Waals surface area (Å²) in [6, 6.07) is 19.6. The van der Waals surface area contributed by atoms with E-state index in [2.05, 4.69) is 34.4 Å². The monoisotopic (exact) mass is 360 g/mol. The van der Waals surface area contributed by atoms with Crippen molar-refractivity contribution >= 4 is 23.2 Å². The maximum Gasteiger partial charge on any atom is 0.229 e. The minimum absolute atomic E-state index is 0.0248. The van der Waals surface area contributed by atoms with Gasteiger partial charge in [-0.1, -0.05) is 49.4 Å². The molecule has 1 aromatic heterocycles. The number of nitrogens with zero attached hydrogens (tertiary/aromatic N) is 2. The van der Waals surface area contributed by atoms with Crippen LogP contribution in [0.15, 0.2) is 60.7 Å². The van der Waals surface area contributed by atoms with Crippen LogP contribution in [-0.2, 0) is 0 Å². The van der Waals surface area contributed by atoms with E-state index in [1.807, 2.05) is 54.6 Å². The summed E-state index contributed by atoms with van der Waals surface area (Å²) >= 11 is 0. The van der Waals surface area contributed by atoms with Crippen molar-refractivity contribution in [1.82, 2.24) is 9.97 Å². The zero-order valence-corrected chi connectivity index (χ0v) is 15.9. The molecule has 0 aliphatic heterocycles. The lowest BCUT2D eigenvalue weighted by molar-refractivity contribution is 0.101. The van der Waals surface area contributed by atoms with Gasteiger partial charge in [-0.15, -0.1) is 0 Å². The Morgan fingerprint density at radius 2 is 1.81 bits per heavy atom. The Balaban J connectivity index is 1.97. The van der Waals surface area contributed by atoms with Crippen molar-refractivity contribution in [2.45, 2.75) is 33.2 Å². The van der Waals surface area contributed by atoms with E-state index in [1.165, 1.54) is 0 Å². The van der Waals surface area contributed by atoms with Crippen molar-refractivity contribution < 1.29 is 4.79 Å². The van der Waals surface area contributed by atoms with Gasteiger partial charge in [-0.25, -0.2) is 4.98 Å². The molecule has 0 aliphatic carbocycles. The Morgan fingerprint density at radius 3 is 2.52 bits per heavy atom. The van der Waals surface area contributed by atoms with E-state index in [-0.39, 0.29) is 5.78 Å². The molecule has 138 valence electrons. The summed E-state index contributed by atoms with van der Waals surface area (Å²) in [4.78, 5) is 20.9. The number of rotatable bonds is 7. The van der Waals surface area contributed by atoms with Gasteiger partial charge in [0.1, 0.15) is 5.82 Å². The van der Waals surface area contributed by atoms with Gasteiger partial charge in [-0.2, -0.15) is 4.98 Å². The lowest BCUT2D eigenvalue weighted by Gasteiger charge is -2.15. The molecule has 1 heterocycles. The number of hydrogen-bond acceptors (Lipinski definition) is 5. The third kappa shape index (κ3) is 4.91. The highest BCUT2D eigenvalue weighted by Crippen LogP contribution is 2.24. The highest BCUT2D eigenvalue weighted by Gasteiger charge is 2.09. The first kappa shape index (κ1) is 18.6. The molecule has 0 saturated heterocycles. The van der Waals surface area contributed by atoms with Crippen LogP contribution in [-0.4, -0.2) is 21.8 Å². The molecule has 0 saturated carbocycles. The molecule has 0 amide bonds. The fourth-order valence-electron chi connectivity index (χ4n) is 2.63. The second-order valence-electron chi connectivity index (χ2n) is 6.54. The quantitative estimate of drug-likeness (QED) is 0.560. The topological polar surface area (TPSA) is 66.9 Å². The molecule has 27 heavy (non-hydrogen) atoms. The summed E-state index contributed by atoms with van der Waals surface area (Å²) in [5, 5.41) is 6.64. The van der Waals surface area contributed by atoms with Crippen LogP contribution < -0.4 is 10.6 Å². The second-order valence-corrected chi connectivity index (χ2v) is 6.54. The van der Waals surface area contributed by atoms with Crippen LogP contribution in [0.25, 0.3) is 11.3 Å². The van der Waals surface area contributed by atoms with Gasteiger partial charge in [0.05, 0.1) is 5.69 Å². The van der Waals surface area contributed by atoms with Crippen LogP contribution in [0, 0.1) is 0 Å². The minimum Gasteiger partial charge on any atom is -0.367 e. The SMILES string of the molecule is CCC(C)Nc1cc(-c2ccccc2)nc(Nc2cccc(C(C)=O)c2)n1. The van der Waals surface area contributed by atoms with Crippen molar-refractivity contribution in [1.29, 1.82) is 0 Å². The van der Waals surface area contributed by atoms with Crippen molar-refractivity contribution in [2.75, 3.05) is 10.6 Å². The number of benzene rings is 2. The predicted octanol–water partition coefficient (Wildman–Crippen LogP) is 5.30. The highest BCUT2D eigenvalue weighted by molar-refractivity contribution is 5.95. The summed E-state index contributed by atoms with van der Waals surface area (Å²) in [7, 11) is 0. The summed E-state index contributed by atoms with van der Waals surface area (Å²) in [6.45, 7) is 5.80. The molecule has 0 aliphatic rings. The van der Waals surface area contributed by atoms with Gasteiger partial charge < -0.3 is 10.6 Å². The number of aromatic nitrogens is 2. The Bertz CT molecular complexity index is 925. The minimum atomic E-state index is 0.0248. The number of nitrogens with one attached hydrogen (secondary N) is 2. The first-order valence-corrected chi connectivity index (χ1v) is 9.14. The van der Waals surface area contributed by atoms with Gasteiger partial charge in [-0.05, 0) is 32.4 Å². The molecule has 3 aromatic rings. The lowest BCUT2D eigenvalue weighted by atomic mass is 10.1. The van der Waals surface area contributed by atoms with E-state index < -0.39 is 0 Å². The van der Waals surface area contributed by atoms with Gasteiger partial charge in [0.15, 0.2) is 5.78 Å². The average Bonchev–Trinajstić information content (AvgIpc) is 2.68. The van der Waals surface area contributed by atoms with Gasteiger partial charge in [-0.3, -0.25) is 4.79 Å². The van der Waals surface area contributed by atoms with Crippen molar-refractivity contribution in [3.05, 3.63) is 66.2 Å². The number of hydrogen-bond donors (Lipinski definition) is 2. The van der Waals surface area contributed by atoms with E-state index >= 15 is 0 Å². The Morgan fingerprint density at radius 1 is 1.04 bits per heavy atom. The molecule has 5 heteroatoms. The Labute approximate surface area is 159 Å². The first-order valence-electron chi connectivity index (χ1n) is 9.14. The fraction of sp³-hybridized carbons (Fsp3) is 0.227. The van der Waals surface area contributed by atoms with E-state index in [4.69, 9.17) is 0 Å². The van der Waals surface area contributed by atoms with E-state index in [9.17, 15) is 4.79 Å². The smallest absolute Gasteiger partial charge is 0.229 e. The Kier molecular flexibility index (Phi) is 5.81. The zero-order valence-electron chi connectivity index (χ0n) is 15.9. The fourth-order valence-corrected chi connectivity index (χ4v) is 2.63. The average molecular weight is 360 g/mol. The van der Waals surface area contributed by atoms with Crippen LogP contribution in [0.4, 0.5) is 17.5 Å². The first-order chi connectivity index (χ1) is 13.0. The van der Waals surface area contributed by atoms with Gasteiger partial charge in [0, 0.05) is 28.9 Å². The molecule has 1 atom stereocenters. The maximum atomic E-state index is 11.6. The number of Topliss-reactive ketones (excluding diaryl/α,β-unsaturated/α-hetero) is 1. The standard InChI is InChI=1S/C22H24N4O/c1-4-15(2)23-21-14-20(17-9-6-5-7-10-17)25-22(26-21)24-19-12-8-11-18(13-19)16(3)27/h5-15H,4H2,1-3H3,(H2,23,24,25,26). The number of carbonyl (C=O) groups is 1. The second kappa shape index (κ2) is 8.45. The molecule has 1 unspecified atom stereocenters. The largest absolute Gasteiger partial charge is 0.367 e. The van der Waals surface area contributed by atoms with E-state index in [1.54, 1.807) is 13.0 Å². The normalized spacial score (nSPS) is 11.7. The van der Waals surface area contributed by atoms with Crippen LogP contribution in [0.1, 0.15) is 37.6 Å². The molecule has 5 nitrogen and oxygen atoms in total. The maximum absolute atomic E-state index is 11.6. The van der Waals surface area contributed by atoms with Gasteiger partial charge in [0.2, 0.25) is 5.95 Å². The van der Waals surface area contributed by atoms with Crippen LogP contribution in [0.5, 0.6) is 0 Å². The van der Waals surface area contributed by atoms with Gasteiger partial charge >= 0.3 is 0 Å². The van der Waals surface area contributed by atoms with Crippen LogP contribution in [0.3, 0.4) is 0 Å². The van der Waals surface area contributed by atoms with Crippen molar-refractivity contribution in [3.8, 4) is 11.3 Å². The third-order valence-electron chi connectivity index (χ3n) is 4.33. The predicted molar refractivity (Wildman–Crippen MR) is 111 cm³/mol. The summed E-state index contributed by atoms with van der Waals surface area (Å²) in [5.41, 5.74) is 3.29. The number of anilines is 3. The summed E-state index contributed by atoms with van der Waals surface area (Å²) in [6.07, 6.45) is 0.994. The molecule has 0 radical (unpaired) electrons. The molecular formula is C22H24N4O. The molecule has 0 spiro atoms. The zero-order chi connectivity index (χ0) is 19.2. The molecular weight excluding hydrogens is 336 g/mol. The molecule has 0 fully saturated rings. The van der Waals surface area contributed by atoms with E-state index in [0.29, 0.717) is 17.6 Å². The van der Waals surface area contributed by atoms with Crippen LogP contribution in [0.2, 0.25) is 0 Å². The van der Waals surface area contributed by atoms with Crippen molar-refractivity contribution in [3.63, 3.8) is 0 Å². The molecule has 0 bridgehead atoms. The molecule has 2 N–H and O–H groups in total. The molecule has 2 aromatic carbocycles. The summed E-state index contributed by atoms with van der Waals surface area (Å²) < 4.78 is 0. The number of carbonyl (C=O) groups excluding carboxylic acids is 1.